The zero-order chi connectivity index (χ0) is 16.9. The number of aliphatic hydroxyl groups is 2. The number of hydrogen-bond acceptors (Lipinski definition) is 3. The molecule has 0 saturated heterocycles. The number of fused-ring (bicyclic) bond motifs is 6. The Kier molecular flexibility index (Phi) is 3.08. The molecule has 4 saturated carbocycles. The second-order valence-electron chi connectivity index (χ2n) is 10.3. The number of carbonyl (C=O) groups excluding carboxylic acids is 1. The third kappa shape index (κ3) is 1.76. The summed E-state index contributed by atoms with van der Waals surface area (Å²) in [6.07, 6.45) is 3.16. The maximum Gasteiger partial charge on any atom is 0.137 e. The summed E-state index contributed by atoms with van der Waals surface area (Å²) in [7, 11) is 0. The average Bonchev–Trinajstić information content (AvgIpc) is 2.84. The molecule has 0 spiro atoms. The van der Waals surface area contributed by atoms with Gasteiger partial charge in [-0.25, -0.2) is 0 Å². The van der Waals surface area contributed by atoms with Crippen LogP contribution in [0.3, 0.4) is 0 Å². The molecule has 0 aromatic carbocycles. The van der Waals surface area contributed by atoms with Crippen molar-refractivity contribution in [1.82, 2.24) is 0 Å². The number of aliphatic hydroxyl groups excluding tert-OH is 1. The molecular formula is C20H32O3. The van der Waals surface area contributed by atoms with E-state index < -0.39 is 5.60 Å². The molecule has 0 bridgehead atoms. The molecule has 9 atom stereocenters. The minimum absolute atomic E-state index is 0.0222. The first-order chi connectivity index (χ1) is 10.5. The highest BCUT2D eigenvalue weighted by molar-refractivity contribution is 5.86. The average molecular weight is 320 g/mol. The standard InChI is InChI=1S/C20H32O3/c1-10-8-12(21)16-14(10)17-19(4)7-6-11(18(2,3)23)15(19)13(22)9-20(16,17)5/h10-11,13-17,22-23H,6-9H2,1-5H3/t10-,11-,13+,14-,15-,16+,17-,19+,20-/m1/s1. The fraction of sp³-hybridized carbons (Fsp3) is 0.950. The molecule has 0 radical (unpaired) electrons. The summed E-state index contributed by atoms with van der Waals surface area (Å²) in [5.41, 5.74) is -0.694. The number of hydrogen-bond donors (Lipinski definition) is 2. The van der Waals surface area contributed by atoms with Crippen LogP contribution in [-0.2, 0) is 4.79 Å². The first kappa shape index (κ1) is 16.1. The Hall–Kier alpha value is -0.410. The summed E-state index contributed by atoms with van der Waals surface area (Å²) in [5, 5.41) is 21.7. The Balaban J connectivity index is 1.76. The maximum atomic E-state index is 12.5. The highest BCUT2D eigenvalue weighted by atomic mass is 16.3. The normalized spacial score (nSPS) is 58.4. The van der Waals surface area contributed by atoms with E-state index in [1.54, 1.807) is 0 Å². The number of rotatable bonds is 1. The molecule has 4 rings (SSSR count). The third-order valence-corrected chi connectivity index (χ3v) is 8.59. The third-order valence-electron chi connectivity index (χ3n) is 8.59. The fourth-order valence-corrected chi connectivity index (χ4v) is 8.13. The van der Waals surface area contributed by atoms with E-state index in [9.17, 15) is 15.0 Å². The maximum absolute atomic E-state index is 12.5. The van der Waals surface area contributed by atoms with E-state index in [1.165, 1.54) is 0 Å². The van der Waals surface area contributed by atoms with Gasteiger partial charge in [0.2, 0.25) is 0 Å². The predicted molar refractivity (Wildman–Crippen MR) is 88.6 cm³/mol. The lowest BCUT2D eigenvalue weighted by Gasteiger charge is -2.69. The van der Waals surface area contributed by atoms with Crippen LogP contribution in [0.4, 0.5) is 0 Å². The van der Waals surface area contributed by atoms with Gasteiger partial charge in [-0.3, -0.25) is 4.79 Å². The van der Waals surface area contributed by atoms with Crippen LogP contribution in [0, 0.1) is 46.3 Å². The van der Waals surface area contributed by atoms with Gasteiger partial charge in [0.05, 0.1) is 11.7 Å². The summed E-state index contributed by atoms with van der Waals surface area (Å²) < 4.78 is 0. The van der Waals surface area contributed by atoms with Gasteiger partial charge in [0, 0.05) is 12.3 Å². The minimum atomic E-state index is -0.739. The molecule has 4 aliphatic rings. The van der Waals surface area contributed by atoms with E-state index in [1.807, 2.05) is 13.8 Å². The van der Waals surface area contributed by atoms with Gasteiger partial charge in [0.1, 0.15) is 5.78 Å². The molecule has 0 aromatic rings. The lowest BCUT2D eigenvalue weighted by Crippen LogP contribution is -2.68. The fourth-order valence-electron chi connectivity index (χ4n) is 8.13. The second-order valence-corrected chi connectivity index (χ2v) is 10.3. The Morgan fingerprint density at radius 3 is 2.48 bits per heavy atom. The Morgan fingerprint density at radius 2 is 1.87 bits per heavy atom. The van der Waals surface area contributed by atoms with Crippen molar-refractivity contribution in [3.63, 3.8) is 0 Å². The molecule has 0 unspecified atom stereocenters. The Bertz CT molecular complexity index is 550. The predicted octanol–water partition coefficient (Wildman–Crippen LogP) is 3.03. The van der Waals surface area contributed by atoms with Crippen molar-refractivity contribution in [2.45, 2.75) is 72.0 Å². The van der Waals surface area contributed by atoms with Crippen LogP contribution in [0.25, 0.3) is 0 Å². The highest BCUT2D eigenvalue weighted by Crippen LogP contribution is 2.77. The number of Topliss-reactive ketones (excluding diaryl/α,β-unsaturated/α-hetero) is 1. The zero-order valence-corrected chi connectivity index (χ0v) is 15.2. The molecule has 4 aliphatic carbocycles. The van der Waals surface area contributed by atoms with Gasteiger partial charge in [-0.1, -0.05) is 20.8 Å². The van der Waals surface area contributed by atoms with Gasteiger partial charge in [-0.2, -0.15) is 0 Å². The van der Waals surface area contributed by atoms with E-state index in [0.29, 0.717) is 23.5 Å². The van der Waals surface area contributed by atoms with Gasteiger partial charge in [-0.15, -0.1) is 0 Å². The van der Waals surface area contributed by atoms with Gasteiger partial charge >= 0.3 is 0 Å². The van der Waals surface area contributed by atoms with E-state index in [0.717, 1.165) is 25.7 Å². The SMILES string of the molecule is C[C@@H]1CC(=O)[C@H]2[C@@H]1[C@@H]1[C@@]3(C)CC[C@@H](C(C)(C)O)[C@@H]3[C@@H](O)C[C@@]12C. The Labute approximate surface area is 139 Å². The monoisotopic (exact) mass is 320 g/mol. The molecule has 3 nitrogen and oxygen atoms in total. The van der Waals surface area contributed by atoms with Crippen molar-refractivity contribution in [3.05, 3.63) is 0 Å². The molecule has 0 amide bonds. The van der Waals surface area contributed by atoms with E-state index in [2.05, 4.69) is 20.8 Å². The van der Waals surface area contributed by atoms with Crippen molar-refractivity contribution in [2.75, 3.05) is 0 Å². The summed E-state index contributed by atoms with van der Waals surface area (Å²) in [6, 6.07) is 0. The highest BCUT2D eigenvalue weighted by Gasteiger charge is 2.75. The van der Waals surface area contributed by atoms with Crippen LogP contribution in [-0.4, -0.2) is 27.7 Å². The zero-order valence-electron chi connectivity index (χ0n) is 15.2. The van der Waals surface area contributed by atoms with Crippen molar-refractivity contribution >= 4 is 5.78 Å². The molecule has 0 aliphatic heterocycles. The number of ketones is 1. The van der Waals surface area contributed by atoms with Gasteiger partial charge < -0.3 is 10.2 Å². The van der Waals surface area contributed by atoms with Crippen molar-refractivity contribution < 1.29 is 15.0 Å². The number of carbonyl (C=O) groups is 1. The smallest absolute Gasteiger partial charge is 0.137 e. The second kappa shape index (κ2) is 4.40. The van der Waals surface area contributed by atoms with Gasteiger partial charge in [-0.05, 0) is 73.5 Å². The summed E-state index contributed by atoms with van der Waals surface area (Å²) >= 11 is 0. The van der Waals surface area contributed by atoms with Crippen LogP contribution in [0.1, 0.15) is 60.3 Å². The van der Waals surface area contributed by atoms with Crippen LogP contribution in [0.15, 0.2) is 0 Å². The molecule has 3 heteroatoms. The first-order valence-electron chi connectivity index (χ1n) is 9.45. The summed E-state index contributed by atoms with van der Waals surface area (Å²) in [5.74, 6) is 2.47. The van der Waals surface area contributed by atoms with Crippen molar-refractivity contribution in [3.8, 4) is 0 Å². The lowest BCUT2D eigenvalue weighted by atomic mass is 9.35. The van der Waals surface area contributed by atoms with Gasteiger partial charge in [0.15, 0.2) is 0 Å². The first-order valence-corrected chi connectivity index (χ1v) is 9.45. The molecule has 2 N–H and O–H groups in total. The molecule has 0 aromatic heterocycles. The van der Waals surface area contributed by atoms with Crippen LogP contribution in [0.2, 0.25) is 0 Å². The van der Waals surface area contributed by atoms with Gasteiger partial charge in [0.25, 0.3) is 0 Å². The van der Waals surface area contributed by atoms with Crippen molar-refractivity contribution in [2.24, 2.45) is 46.3 Å². The quantitative estimate of drug-likeness (QED) is 0.781. The van der Waals surface area contributed by atoms with Crippen LogP contribution in [0.5, 0.6) is 0 Å². The lowest BCUT2D eigenvalue weighted by molar-refractivity contribution is -0.245. The molecule has 130 valence electrons. The molecule has 23 heavy (non-hydrogen) atoms. The summed E-state index contributed by atoms with van der Waals surface area (Å²) in [6.45, 7) is 10.6. The topological polar surface area (TPSA) is 57.5 Å². The molecule has 0 heterocycles. The van der Waals surface area contributed by atoms with Crippen LogP contribution >= 0.6 is 0 Å². The molecular weight excluding hydrogens is 288 g/mol. The largest absolute Gasteiger partial charge is 0.393 e. The van der Waals surface area contributed by atoms with E-state index in [-0.39, 0.29) is 34.7 Å². The Morgan fingerprint density at radius 1 is 1.22 bits per heavy atom. The van der Waals surface area contributed by atoms with Crippen LogP contribution < -0.4 is 0 Å². The minimum Gasteiger partial charge on any atom is -0.393 e. The van der Waals surface area contributed by atoms with E-state index in [4.69, 9.17) is 0 Å². The molecule has 4 fully saturated rings. The summed E-state index contributed by atoms with van der Waals surface area (Å²) in [4.78, 5) is 12.5. The van der Waals surface area contributed by atoms with E-state index >= 15 is 0 Å². The van der Waals surface area contributed by atoms with Crippen molar-refractivity contribution in [1.29, 1.82) is 0 Å².